The molecule has 0 atom stereocenters. The fourth-order valence-electron chi connectivity index (χ4n) is 2.76. The standard InChI is InChI=1S/C17H26N2O/c1-2-3-6-14-9-11-16(12-10-14)19-17(20)18-13-15-7-4-5-8-15/h9-12,15H,2-8,13H2,1H3,(H2,18,19,20). The summed E-state index contributed by atoms with van der Waals surface area (Å²) in [6, 6.07) is 8.09. The summed E-state index contributed by atoms with van der Waals surface area (Å²) >= 11 is 0. The monoisotopic (exact) mass is 274 g/mol. The van der Waals surface area contributed by atoms with Crippen LogP contribution in [0.3, 0.4) is 0 Å². The van der Waals surface area contributed by atoms with E-state index >= 15 is 0 Å². The zero-order valence-corrected chi connectivity index (χ0v) is 12.5. The van der Waals surface area contributed by atoms with Gasteiger partial charge in [0, 0.05) is 12.2 Å². The van der Waals surface area contributed by atoms with Crippen molar-refractivity contribution >= 4 is 11.7 Å². The van der Waals surface area contributed by atoms with Gasteiger partial charge in [-0.2, -0.15) is 0 Å². The first kappa shape index (κ1) is 14.9. The molecule has 0 aromatic heterocycles. The molecule has 1 aromatic carbocycles. The molecule has 2 amide bonds. The van der Waals surface area contributed by atoms with Crippen LogP contribution in [0.2, 0.25) is 0 Å². The number of carbonyl (C=O) groups is 1. The molecule has 2 rings (SSSR count). The molecular weight excluding hydrogens is 248 g/mol. The number of rotatable bonds is 6. The predicted octanol–water partition coefficient (Wildman–Crippen LogP) is 4.34. The van der Waals surface area contributed by atoms with Crippen molar-refractivity contribution in [3.05, 3.63) is 29.8 Å². The van der Waals surface area contributed by atoms with Crippen LogP contribution in [0.15, 0.2) is 24.3 Å². The summed E-state index contributed by atoms with van der Waals surface area (Å²) in [6.07, 6.45) is 8.68. The van der Waals surface area contributed by atoms with Gasteiger partial charge < -0.3 is 10.6 Å². The molecule has 0 spiro atoms. The van der Waals surface area contributed by atoms with Crippen LogP contribution in [0.5, 0.6) is 0 Å². The zero-order valence-electron chi connectivity index (χ0n) is 12.5. The third kappa shape index (κ3) is 4.87. The lowest BCUT2D eigenvalue weighted by molar-refractivity contribution is 0.250. The molecule has 0 bridgehead atoms. The second kappa shape index (κ2) is 7.93. The summed E-state index contributed by atoms with van der Waals surface area (Å²) in [7, 11) is 0. The SMILES string of the molecule is CCCCc1ccc(NC(=O)NCC2CCCC2)cc1. The van der Waals surface area contributed by atoms with Gasteiger partial charge in [-0.15, -0.1) is 0 Å². The van der Waals surface area contributed by atoms with E-state index in [0.717, 1.165) is 18.7 Å². The highest BCUT2D eigenvalue weighted by Gasteiger charge is 2.15. The summed E-state index contributed by atoms with van der Waals surface area (Å²) < 4.78 is 0. The van der Waals surface area contributed by atoms with Crippen LogP contribution in [0.25, 0.3) is 0 Å². The molecule has 1 saturated carbocycles. The van der Waals surface area contributed by atoms with E-state index in [1.165, 1.54) is 44.1 Å². The highest BCUT2D eigenvalue weighted by molar-refractivity contribution is 5.89. The third-order valence-corrected chi connectivity index (χ3v) is 4.06. The molecule has 2 N–H and O–H groups in total. The molecule has 1 aliphatic carbocycles. The van der Waals surface area contributed by atoms with Crippen LogP contribution >= 0.6 is 0 Å². The van der Waals surface area contributed by atoms with E-state index in [2.05, 4.69) is 29.7 Å². The van der Waals surface area contributed by atoms with Gasteiger partial charge in [-0.1, -0.05) is 38.3 Å². The van der Waals surface area contributed by atoms with Crippen molar-refractivity contribution in [1.29, 1.82) is 0 Å². The Balaban J connectivity index is 1.72. The van der Waals surface area contributed by atoms with E-state index < -0.39 is 0 Å². The molecule has 3 heteroatoms. The van der Waals surface area contributed by atoms with Crippen LogP contribution in [0, 0.1) is 5.92 Å². The summed E-state index contributed by atoms with van der Waals surface area (Å²) in [5, 5.41) is 5.87. The maximum atomic E-state index is 11.8. The summed E-state index contributed by atoms with van der Waals surface area (Å²) in [6.45, 7) is 3.00. The van der Waals surface area contributed by atoms with E-state index in [4.69, 9.17) is 0 Å². The van der Waals surface area contributed by atoms with Gasteiger partial charge in [-0.05, 0) is 49.3 Å². The Labute approximate surface area is 122 Å². The Bertz CT molecular complexity index is 408. The Morgan fingerprint density at radius 3 is 2.55 bits per heavy atom. The zero-order chi connectivity index (χ0) is 14.2. The smallest absolute Gasteiger partial charge is 0.319 e. The number of unbranched alkanes of at least 4 members (excludes halogenated alkanes) is 1. The summed E-state index contributed by atoms with van der Waals surface area (Å²) in [5.74, 6) is 0.678. The fourth-order valence-corrected chi connectivity index (χ4v) is 2.76. The van der Waals surface area contributed by atoms with Gasteiger partial charge >= 0.3 is 6.03 Å². The normalized spacial score (nSPS) is 15.2. The molecule has 1 aliphatic rings. The van der Waals surface area contributed by atoms with Crippen LogP contribution in [-0.4, -0.2) is 12.6 Å². The molecule has 3 nitrogen and oxygen atoms in total. The van der Waals surface area contributed by atoms with Crippen LogP contribution in [0.1, 0.15) is 51.0 Å². The minimum Gasteiger partial charge on any atom is -0.338 e. The minimum absolute atomic E-state index is 0.0850. The van der Waals surface area contributed by atoms with E-state index in [1.54, 1.807) is 0 Å². The maximum Gasteiger partial charge on any atom is 0.319 e. The van der Waals surface area contributed by atoms with Crippen molar-refractivity contribution in [2.24, 2.45) is 5.92 Å². The molecule has 0 aliphatic heterocycles. The van der Waals surface area contributed by atoms with Gasteiger partial charge in [-0.3, -0.25) is 0 Å². The predicted molar refractivity (Wildman–Crippen MR) is 84.0 cm³/mol. The van der Waals surface area contributed by atoms with Crippen molar-refractivity contribution in [2.75, 3.05) is 11.9 Å². The van der Waals surface area contributed by atoms with Crippen molar-refractivity contribution < 1.29 is 4.79 Å². The highest BCUT2D eigenvalue weighted by Crippen LogP contribution is 2.23. The average Bonchev–Trinajstić information content (AvgIpc) is 2.98. The number of amides is 2. The largest absolute Gasteiger partial charge is 0.338 e. The van der Waals surface area contributed by atoms with Crippen molar-refractivity contribution in [2.45, 2.75) is 51.9 Å². The third-order valence-electron chi connectivity index (χ3n) is 4.06. The maximum absolute atomic E-state index is 11.8. The number of hydrogen-bond acceptors (Lipinski definition) is 1. The van der Waals surface area contributed by atoms with Gasteiger partial charge in [0.2, 0.25) is 0 Å². The summed E-state index contributed by atoms with van der Waals surface area (Å²) in [5.41, 5.74) is 2.21. The van der Waals surface area contributed by atoms with Gasteiger partial charge in [0.15, 0.2) is 0 Å². The van der Waals surface area contributed by atoms with E-state index in [0.29, 0.717) is 5.92 Å². The van der Waals surface area contributed by atoms with Crippen LogP contribution in [-0.2, 0) is 6.42 Å². The second-order valence-electron chi connectivity index (χ2n) is 5.79. The van der Waals surface area contributed by atoms with Gasteiger partial charge in [0.1, 0.15) is 0 Å². The molecule has 0 heterocycles. The number of benzene rings is 1. The van der Waals surface area contributed by atoms with Gasteiger partial charge in [0.25, 0.3) is 0 Å². The lowest BCUT2D eigenvalue weighted by Gasteiger charge is -2.12. The Hall–Kier alpha value is -1.51. The fraction of sp³-hybridized carbons (Fsp3) is 0.588. The first-order valence-electron chi connectivity index (χ1n) is 7.91. The molecule has 0 radical (unpaired) electrons. The molecule has 1 aromatic rings. The number of carbonyl (C=O) groups excluding carboxylic acids is 1. The van der Waals surface area contributed by atoms with E-state index in [-0.39, 0.29) is 6.03 Å². The van der Waals surface area contributed by atoms with Gasteiger partial charge in [0.05, 0.1) is 0 Å². The highest BCUT2D eigenvalue weighted by atomic mass is 16.2. The number of hydrogen-bond donors (Lipinski definition) is 2. The number of aryl methyl sites for hydroxylation is 1. The first-order chi connectivity index (χ1) is 9.78. The van der Waals surface area contributed by atoms with E-state index in [1.807, 2.05) is 12.1 Å². The Morgan fingerprint density at radius 1 is 1.20 bits per heavy atom. The minimum atomic E-state index is -0.0850. The number of urea groups is 1. The lowest BCUT2D eigenvalue weighted by Crippen LogP contribution is -2.32. The number of anilines is 1. The molecule has 110 valence electrons. The average molecular weight is 274 g/mol. The Kier molecular flexibility index (Phi) is 5.90. The molecule has 0 unspecified atom stereocenters. The van der Waals surface area contributed by atoms with Gasteiger partial charge in [-0.25, -0.2) is 4.79 Å². The van der Waals surface area contributed by atoms with Crippen LogP contribution < -0.4 is 10.6 Å². The molecule has 20 heavy (non-hydrogen) atoms. The second-order valence-corrected chi connectivity index (χ2v) is 5.79. The molecular formula is C17H26N2O. The molecule has 0 saturated heterocycles. The summed E-state index contributed by atoms with van der Waals surface area (Å²) in [4.78, 5) is 11.8. The number of nitrogens with one attached hydrogen (secondary N) is 2. The topological polar surface area (TPSA) is 41.1 Å². The van der Waals surface area contributed by atoms with Crippen molar-refractivity contribution in [3.8, 4) is 0 Å². The lowest BCUT2D eigenvalue weighted by atomic mass is 10.1. The van der Waals surface area contributed by atoms with E-state index in [9.17, 15) is 4.79 Å². The Morgan fingerprint density at radius 2 is 1.90 bits per heavy atom. The quantitative estimate of drug-likeness (QED) is 0.796. The molecule has 1 fully saturated rings. The first-order valence-corrected chi connectivity index (χ1v) is 7.91. The van der Waals surface area contributed by atoms with Crippen molar-refractivity contribution in [3.63, 3.8) is 0 Å². The van der Waals surface area contributed by atoms with Crippen molar-refractivity contribution in [1.82, 2.24) is 5.32 Å². The van der Waals surface area contributed by atoms with Crippen LogP contribution in [0.4, 0.5) is 10.5 Å².